The second-order valence-electron chi connectivity index (χ2n) is 12.7. The van der Waals surface area contributed by atoms with Crippen LogP contribution >= 0.6 is 0 Å². The Morgan fingerprint density at radius 3 is 1.97 bits per heavy atom. The van der Waals surface area contributed by atoms with E-state index in [2.05, 4.69) is 64.3 Å². The topological polar surface area (TPSA) is 61.4 Å². The summed E-state index contributed by atoms with van der Waals surface area (Å²) in [6.07, 6.45) is 1.01. The zero-order valence-electron chi connectivity index (χ0n) is 23.1. The van der Waals surface area contributed by atoms with E-state index in [0.29, 0.717) is 18.6 Å². The molecule has 0 radical (unpaired) electrons. The van der Waals surface area contributed by atoms with Gasteiger partial charge in [0, 0.05) is 17.7 Å². The molecule has 3 aromatic carbocycles. The number of benzene rings is 3. The van der Waals surface area contributed by atoms with Crippen LogP contribution in [-0.2, 0) is 15.6 Å². The Hall–Kier alpha value is -3.60. The van der Waals surface area contributed by atoms with Gasteiger partial charge in [0.1, 0.15) is 11.6 Å². The fourth-order valence-electron chi connectivity index (χ4n) is 5.68. The average Bonchev–Trinajstić information content (AvgIpc) is 3.00. The molecular weight excluding hydrogens is 475 g/mol. The largest absolute Gasteiger partial charge is 0.507 e. The highest BCUT2D eigenvalue weighted by Crippen LogP contribution is 2.47. The quantitative estimate of drug-likeness (QED) is 0.325. The lowest BCUT2D eigenvalue weighted by Crippen LogP contribution is -2.27. The van der Waals surface area contributed by atoms with Crippen molar-refractivity contribution in [1.82, 2.24) is 0 Å². The summed E-state index contributed by atoms with van der Waals surface area (Å²) in [5.74, 6) is 0.0797. The third-order valence-corrected chi connectivity index (χ3v) is 7.73. The maximum atomic E-state index is 13.9. The van der Waals surface area contributed by atoms with Crippen LogP contribution in [0.4, 0.5) is 15.8 Å². The first kappa shape index (κ1) is 26.0. The van der Waals surface area contributed by atoms with E-state index in [1.165, 1.54) is 12.1 Å². The molecule has 5 heteroatoms. The van der Waals surface area contributed by atoms with E-state index in [9.17, 15) is 14.3 Å². The van der Waals surface area contributed by atoms with Gasteiger partial charge in [-0.1, -0.05) is 65.8 Å². The van der Waals surface area contributed by atoms with E-state index in [0.717, 1.165) is 44.9 Å². The number of aromatic hydroxyl groups is 1. The van der Waals surface area contributed by atoms with Crippen LogP contribution in [0.5, 0.6) is 5.75 Å². The van der Waals surface area contributed by atoms with E-state index in [1.54, 1.807) is 12.1 Å². The Morgan fingerprint density at radius 1 is 0.816 bits per heavy atom. The highest BCUT2D eigenvalue weighted by atomic mass is 19.1. The van der Waals surface area contributed by atoms with Crippen LogP contribution in [0.1, 0.15) is 88.6 Å². The summed E-state index contributed by atoms with van der Waals surface area (Å²) < 4.78 is 13.6. The second kappa shape index (κ2) is 9.30. The number of hydrogen-bond acceptors (Lipinski definition) is 4. The van der Waals surface area contributed by atoms with Gasteiger partial charge in [-0.2, -0.15) is 0 Å². The number of rotatable bonds is 2. The Balaban J connectivity index is 1.69. The van der Waals surface area contributed by atoms with Crippen LogP contribution in [0.15, 0.2) is 71.9 Å². The molecule has 0 spiro atoms. The number of phenols is 1. The summed E-state index contributed by atoms with van der Waals surface area (Å²) in [5.41, 5.74) is 6.52. The smallest absolute Gasteiger partial charge is 0.163 e. The minimum Gasteiger partial charge on any atom is -0.507 e. The number of phenolic OH excluding ortho intramolecular Hbond substituents is 1. The van der Waals surface area contributed by atoms with Gasteiger partial charge >= 0.3 is 0 Å². The average molecular weight is 513 g/mol. The molecule has 4 nitrogen and oxygen atoms in total. The molecule has 38 heavy (non-hydrogen) atoms. The Morgan fingerprint density at radius 2 is 1.39 bits per heavy atom. The minimum absolute atomic E-state index is 0.0321. The zero-order valence-corrected chi connectivity index (χ0v) is 23.1. The van der Waals surface area contributed by atoms with Gasteiger partial charge in [-0.3, -0.25) is 4.79 Å². The van der Waals surface area contributed by atoms with E-state index in [-0.39, 0.29) is 34.4 Å². The van der Waals surface area contributed by atoms with Crippen molar-refractivity contribution in [1.29, 1.82) is 0 Å². The van der Waals surface area contributed by atoms with Gasteiger partial charge in [0.05, 0.1) is 17.4 Å². The maximum Gasteiger partial charge on any atom is 0.163 e. The summed E-state index contributed by atoms with van der Waals surface area (Å²) in [6, 6.07) is 18.2. The molecule has 2 atom stereocenters. The molecule has 0 aromatic heterocycles. The standard InChI is InChI=1S/C33H37FN2O2/c1-32(2,3)23-15-21(16-24(31(23)38)33(4,5)6)30-29-27(35-25-9-7-8-10-26(25)36-30)17-20(18-28(29)37)19-11-13-22(34)14-12-19/h7-16,20,30,35-36,38H,17-18H2,1-6H3/t20-,30-/m1/s1. The van der Waals surface area contributed by atoms with Gasteiger partial charge in [-0.15, -0.1) is 0 Å². The van der Waals surface area contributed by atoms with Gasteiger partial charge in [0.2, 0.25) is 0 Å². The molecule has 1 aliphatic heterocycles. The van der Waals surface area contributed by atoms with Crippen molar-refractivity contribution in [3.8, 4) is 5.75 Å². The third kappa shape index (κ3) is 4.82. The molecule has 1 heterocycles. The second-order valence-corrected chi connectivity index (χ2v) is 12.7. The fraction of sp³-hybridized carbons (Fsp3) is 0.364. The van der Waals surface area contributed by atoms with Crippen LogP contribution < -0.4 is 10.6 Å². The number of carbonyl (C=O) groups excluding carboxylic acids is 1. The molecule has 198 valence electrons. The fourth-order valence-corrected chi connectivity index (χ4v) is 5.68. The Bertz CT molecular complexity index is 1390. The highest BCUT2D eigenvalue weighted by molar-refractivity contribution is 6.01. The van der Waals surface area contributed by atoms with Crippen LogP contribution in [0.25, 0.3) is 0 Å². The Labute approximate surface area is 225 Å². The van der Waals surface area contributed by atoms with Gasteiger partial charge in [-0.25, -0.2) is 4.39 Å². The van der Waals surface area contributed by atoms with Crippen LogP contribution in [0.2, 0.25) is 0 Å². The first-order chi connectivity index (χ1) is 17.8. The van der Waals surface area contributed by atoms with Crippen molar-refractivity contribution in [3.05, 3.63) is 100 Å². The number of Topliss-reactive ketones (excluding diaryl/α,β-unsaturated/α-hetero) is 1. The van der Waals surface area contributed by atoms with Crippen molar-refractivity contribution in [2.75, 3.05) is 10.6 Å². The summed E-state index contributed by atoms with van der Waals surface area (Å²) in [5, 5.41) is 18.6. The number of hydrogen-bond donors (Lipinski definition) is 3. The summed E-state index contributed by atoms with van der Waals surface area (Å²) in [4.78, 5) is 13.9. The first-order valence-electron chi connectivity index (χ1n) is 13.3. The van der Waals surface area contributed by atoms with Crippen molar-refractivity contribution >= 4 is 17.2 Å². The van der Waals surface area contributed by atoms with Crippen LogP contribution in [0, 0.1) is 5.82 Å². The number of carbonyl (C=O) groups is 1. The molecule has 3 N–H and O–H groups in total. The number of fused-ring (bicyclic) bond motifs is 1. The number of nitrogens with one attached hydrogen (secondary N) is 2. The molecule has 0 saturated carbocycles. The number of halogens is 1. The molecule has 0 saturated heterocycles. The van der Waals surface area contributed by atoms with Gasteiger partial charge in [0.25, 0.3) is 0 Å². The molecule has 3 aromatic rings. The van der Waals surface area contributed by atoms with Crippen molar-refractivity contribution in [3.63, 3.8) is 0 Å². The van der Waals surface area contributed by atoms with Gasteiger partial charge < -0.3 is 15.7 Å². The third-order valence-electron chi connectivity index (χ3n) is 7.73. The Kier molecular flexibility index (Phi) is 6.37. The van der Waals surface area contributed by atoms with Crippen molar-refractivity contribution in [2.45, 2.75) is 77.2 Å². The maximum absolute atomic E-state index is 13.9. The number of para-hydroxylation sites is 2. The predicted octanol–water partition coefficient (Wildman–Crippen LogP) is 8.11. The molecule has 0 unspecified atom stereocenters. The van der Waals surface area contributed by atoms with E-state index in [1.807, 2.05) is 24.3 Å². The SMILES string of the molecule is CC(C)(C)c1cc([C@H]2Nc3ccccc3NC3=C2C(=O)C[C@H](c2ccc(F)cc2)C3)cc(C(C)(C)C)c1O. The molecule has 0 fully saturated rings. The normalized spacial score (nSPS) is 19.7. The highest BCUT2D eigenvalue weighted by Gasteiger charge is 2.37. The molecular formula is C33H37FN2O2. The lowest BCUT2D eigenvalue weighted by atomic mass is 9.75. The summed E-state index contributed by atoms with van der Waals surface area (Å²) >= 11 is 0. The van der Waals surface area contributed by atoms with E-state index < -0.39 is 0 Å². The van der Waals surface area contributed by atoms with Gasteiger partial charge in [-0.05, 0) is 81.8 Å². The molecule has 2 aliphatic rings. The van der Waals surface area contributed by atoms with Crippen LogP contribution in [-0.4, -0.2) is 10.9 Å². The first-order valence-corrected chi connectivity index (χ1v) is 13.3. The molecule has 0 bridgehead atoms. The van der Waals surface area contributed by atoms with Crippen molar-refractivity contribution in [2.24, 2.45) is 0 Å². The van der Waals surface area contributed by atoms with E-state index >= 15 is 0 Å². The lowest BCUT2D eigenvalue weighted by Gasteiger charge is -2.33. The molecule has 5 rings (SSSR count). The summed E-state index contributed by atoms with van der Waals surface area (Å²) in [6.45, 7) is 12.6. The minimum atomic E-state index is -0.384. The molecule has 0 amide bonds. The number of ketones is 1. The monoisotopic (exact) mass is 512 g/mol. The predicted molar refractivity (Wildman–Crippen MR) is 152 cm³/mol. The number of allylic oxidation sites excluding steroid dienone is 1. The van der Waals surface area contributed by atoms with Crippen molar-refractivity contribution < 1.29 is 14.3 Å². The van der Waals surface area contributed by atoms with E-state index in [4.69, 9.17) is 0 Å². The number of anilines is 2. The lowest BCUT2D eigenvalue weighted by molar-refractivity contribution is -0.116. The zero-order chi connectivity index (χ0) is 27.4. The van der Waals surface area contributed by atoms with Gasteiger partial charge in [0.15, 0.2) is 5.78 Å². The summed E-state index contributed by atoms with van der Waals surface area (Å²) in [7, 11) is 0. The molecule has 1 aliphatic carbocycles. The van der Waals surface area contributed by atoms with Crippen LogP contribution in [0.3, 0.4) is 0 Å².